The zero-order chi connectivity index (χ0) is 22.9. The lowest BCUT2D eigenvalue weighted by Gasteiger charge is -2.04. The van der Waals surface area contributed by atoms with E-state index in [4.69, 9.17) is 0 Å². The van der Waals surface area contributed by atoms with Crippen molar-refractivity contribution in [1.82, 2.24) is 0 Å². The molecule has 0 saturated heterocycles. The van der Waals surface area contributed by atoms with Crippen LogP contribution in [-0.4, -0.2) is 5.84 Å². The number of anilines is 1. The van der Waals surface area contributed by atoms with Crippen molar-refractivity contribution < 1.29 is 0 Å². The van der Waals surface area contributed by atoms with Gasteiger partial charge in [0, 0.05) is 5.56 Å². The van der Waals surface area contributed by atoms with Crippen LogP contribution >= 0.6 is 0 Å². The summed E-state index contributed by atoms with van der Waals surface area (Å²) >= 11 is 0. The molecule has 162 valence electrons. The molecule has 0 unspecified atom stereocenters. The summed E-state index contributed by atoms with van der Waals surface area (Å²) in [6.45, 7) is 3.99. The summed E-state index contributed by atoms with van der Waals surface area (Å²) in [5, 5.41) is 22.1. The topological polar surface area (TPSA) is 73.8 Å². The summed E-state index contributed by atoms with van der Waals surface area (Å²) < 4.78 is 0. The second-order valence-electron chi connectivity index (χ2n) is 7.44. The Morgan fingerprint density at radius 1 is 0.606 bits per heavy atom. The number of amidine groups is 1. The minimum Gasteiger partial charge on any atom is -0.276 e. The fourth-order valence-corrected chi connectivity index (χ4v) is 3.06. The first-order chi connectivity index (χ1) is 16.2. The van der Waals surface area contributed by atoms with Crippen molar-refractivity contribution in [3.05, 3.63) is 120 Å². The lowest BCUT2D eigenvalue weighted by molar-refractivity contribution is 1.18. The molecule has 4 rings (SSSR count). The number of hydrogen-bond donors (Lipinski definition) is 1. The Morgan fingerprint density at radius 3 is 2.00 bits per heavy atom. The number of azo groups is 2. The van der Waals surface area contributed by atoms with Crippen LogP contribution in [0.5, 0.6) is 0 Å². The Kier molecular flexibility index (Phi) is 7.08. The van der Waals surface area contributed by atoms with Crippen LogP contribution in [0, 0.1) is 13.8 Å². The number of para-hydroxylation sites is 1. The van der Waals surface area contributed by atoms with E-state index in [1.165, 1.54) is 0 Å². The van der Waals surface area contributed by atoms with Gasteiger partial charge in [-0.1, -0.05) is 66.7 Å². The largest absolute Gasteiger partial charge is 0.276 e. The standard InChI is InChI=1S/C27H24N6/c1-20-11-9-10-16-25(20)30-29-24-17-18-26(21(2)19-24)31-33-27(22-12-5-3-6-13-22)32-28-23-14-7-4-8-15-23/h3-19,28H,1-2H3/b30-29?,32-27+,33-31?. The van der Waals surface area contributed by atoms with Crippen LogP contribution in [0.4, 0.5) is 22.7 Å². The number of aryl methyl sites for hydroxylation is 2. The van der Waals surface area contributed by atoms with Gasteiger partial charge in [-0.3, -0.25) is 5.43 Å². The Hall–Kier alpha value is -4.45. The molecular weight excluding hydrogens is 408 g/mol. The fourth-order valence-electron chi connectivity index (χ4n) is 3.06. The van der Waals surface area contributed by atoms with Gasteiger partial charge in [0.1, 0.15) is 0 Å². The third kappa shape index (κ3) is 6.04. The average molecular weight is 433 g/mol. The van der Waals surface area contributed by atoms with Gasteiger partial charge in [0.2, 0.25) is 5.84 Å². The minimum absolute atomic E-state index is 0.488. The van der Waals surface area contributed by atoms with Crippen LogP contribution in [0.25, 0.3) is 0 Å². The van der Waals surface area contributed by atoms with Crippen molar-refractivity contribution in [2.45, 2.75) is 13.8 Å². The van der Waals surface area contributed by atoms with E-state index in [-0.39, 0.29) is 0 Å². The monoisotopic (exact) mass is 432 g/mol. The summed E-state index contributed by atoms with van der Waals surface area (Å²) in [5.74, 6) is 0.488. The van der Waals surface area contributed by atoms with Crippen LogP contribution in [-0.2, 0) is 0 Å². The summed E-state index contributed by atoms with van der Waals surface area (Å²) in [7, 11) is 0. The van der Waals surface area contributed by atoms with Gasteiger partial charge in [0.05, 0.1) is 22.7 Å². The fraction of sp³-hybridized carbons (Fsp3) is 0.0741. The summed E-state index contributed by atoms with van der Waals surface area (Å²) in [6, 6.07) is 33.1. The lowest BCUT2D eigenvalue weighted by Crippen LogP contribution is -2.01. The Bertz CT molecular complexity index is 1290. The van der Waals surface area contributed by atoms with Crippen molar-refractivity contribution in [3.8, 4) is 0 Å². The zero-order valence-electron chi connectivity index (χ0n) is 18.6. The number of hydrazone groups is 1. The molecule has 0 amide bonds. The molecule has 33 heavy (non-hydrogen) atoms. The molecule has 4 aromatic carbocycles. The van der Waals surface area contributed by atoms with E-state index in [0.29, 0.717) is 5.84 Å². The number of hydrogen-bond acceptors (Lipinski definition) is 5. The molecule has 0 aliphatic carbocycles. The molecule has 4 aromatic rings. The Balaban J connectivity index is 1.55. The predicted molar refractivity (Wildman–Crippen MR) is 134 cm³/mol. The molecule has 0 fully saturated rings. The van der Waals surface area contributed by atoms with Crippen LogP contribution in [0.15, 0.2) is 129 Å². The molecule has 6 nitrogen and oxygen atoms in total. The maximum Gasteiger partial charge on any atom is 0.201 e. The maximum atomic E-state index is 4.47. The van der Waals surface area contributed by atoms with Gasteiger partial charge in [0.25, 0.3) is 0 Å². The van der Waals surface area contributed by atoms with Crippen molar-refractivity contribution in [3.63, 3.8) is 0 Å². The number of nitrogens with zero attached hydrogens (tertiary/aromatic N) is 5. The van der Waals surface area contributed by atoms with E-state index in [1.807, 2.05) is 117 Å². The first kappa shape index (κ1) is 21.8. The summed E-state index contributed by atoms with van der Waals surface area (Å²) in [6.07, 6.45) is 0. The molecule has 0 radical (unpaired) electrons. The van der Waals surface area contributed by atoms with Crippen LogP contribution in [0.2, 0.25) is 0 Å². The maximum absolute atomic E-state index is 4.47. The van der Waals surface area contributed by atoms with Crippen LogP contribution < -0.4 is 5.43 Å². The van der Waals surface area contributed by atoms with E-state index in [0.717, 1.165) is 39.4 Å². The number of rotatable bonds is 6. The smallest absolute Gasteiger partial charge is 0.201 e. The lowest BCUT2D eigenvalue weighted by atomic mass is 10.2. The predicted octanol–water partition coefficient (Wildman–Crippen LogP) is 8.28. The second-order valence-corrected chi connectivity index (χ2v) is 7.44. The molecule has 6 heteroatoms. The molecule has 0 saturated carbocycles. The highest BCUT2D eigenvalue weighted by Crippen LogP contribution is 2.27. The van der Waals surface area contributed by atoms with Gasteiger partial charge in [-0.2, -0.15) is 15.3 Å². The van der Waals surface area contributed by atoms with Gasteiger partial charge in [-0.15, -0.1) is 10.2 Å². The number of nitrogens with one attached hydrogen (secondary N) is 1. The molecule has 0 atom stereocenters. The molecule has 0 aromatic heterocycles. The van der Waals surface area contributed by atoms with E-state index in [2.05, 4.69) is 31.0 Å². The van der Waals surface area contributed by atoms with Crippen molar-refractivity contribution in [1.29, 1.82) is 0 Å². The third-order valence-corrected chi connectivity index (χ3v) is 4.92. The van der Waals surface area contributed by atoms with Gasteiger partial charge in [-0.25, -0.2) is 0 Å². The molecule has 0 aliphatic rings. The molecular formula is C27H24N6. The molecule has 0 spiro atoms. The van der Waals surface area contributed by atoms with Crippen molar-refractivity contribution >= 4 is 28.6 Å². The molecule has 1 N–H and O–H groups in total. The number of benzene rings is 4. The Labute approximate surface area is 193 Å². The first-order valence-electron chi connectivity index (χ1n) is 10.6. The average Bonchev–Trinajstić information content (AvgIpc) is 2.86. The van der Waals surface area contributed by atoms with Gasteiger partial charge < -0.3 is 0 Å². The highest BCUT2D eigenvalue weighted by Gasteiger charge is 2.04. The van der Waals surface area contributed by atoms with Gasteiger partial charge in [0.15, 0.2) is 0 Å². The first-order valence-corrected chi connectivity index (χ1v) is 10.6. The zero-order valence-corrected chi connectivity index (χ0v) is 18.6. The van der Waals surface area contributed by atoms with Crippen molar-refractivity contribution in [2.75, 3.05) is 5.43 Å². The van der Waals surface area contributed by atoms with Gasteiger partial charge in [-0.05, 0) is 61.4 Å². The Morgan fingerprint density at radius 2 is 1.27 bits per heavy atom. The highest BCUT2D eigenvalue weighted by molar-refractivity contribution is 5.99. The normalized spacial score (nSPS) is 11.9. The van der Waals surface area contributed by atoms with Crippen molar-refractivity contribution in [2.24, 2.45) is 25.6 Å². The molecule has 0 bridgehead atoms. The third-order valence-electron chi connectivity index (χ3n) is 4.92. The molecule has 0 aliphatic heterocycles. The van der Waals surface area contributed by atoms with E-state index in [9.17, 15) is 0 Å². The van der Waals surface area contributed by atoms with Crippen LogP contribution in [0.1, 0.15) is 16.7 Å². The quantitative estimate of drug-likeness (QED) is 0.141. The summed E-state index contributed by atoms with van der Waals surface area (Å²) in [5.41, 5.74) is 9.18. The van der Waals surface area contributed by atoms with Gasteiger partial charge >= 0.3 is 0 Å². The van der Waals surface area contributed by atoms with Crippen LogP contribution in [0.3, 0.4) is 0 Å². The summed E-state index contributed by atoms with van der Waals surface area (Å²) in [4.78, 5) is 0. The minimum atomic E-state index is 0.488. The van der Waals surface area contributed by atoms with E-state index >= 15 is 0 Å². The SMILES string of the molecule is Cc1cc(N=Nc2ccccc2C)ccc1N=N/C(=N/Nc1ccccc1)c1ccccc1. The highest BCUT2D eigenvalue weighted by atomic mass is 15.3. The molecule has 0 heterocycles. The van der Waals surface area contributed by atoms with E-state index < -0.39 is 0 Å². The van der Waals surface area contributed by atoms with E-state index in [1.54, 1.807) is 0 Å². The second kappa shape index (κ2) is 10.7.